The molecule has 0 saturated heterocycles. The van der Waals surface area contributed by atoms with Gasteiger partial charge in [-0.05, 0) is 69.2 Å². The number of aliphatic carboxylic acids is 2. The van der Waals surface area contributed by atoms with E-state index in [2.05, 4.69) is 16.0 Å². The van der Waals surface area contributed by atoms with Crippen LogP contribution in [0.25, 0.3) is 0 Å². The van der Waals surface area contributed by atoms with Crippen LogP contribution in [0.15, 0.2) is 24.3 Å². The van der Waals surface area contributed by atoms with Crippen LogP contribution in [-0.2, 0) is 28.8 Å². The number of benzene rings is 1. The van der Waals surface area contributed by atoms with E-state index in [9.17, 15) is 43.8 Å². The lowest BCUT2D eigenvalue weighted by Crippen LogP contribution is -2.44. The Bertz CT molecular complexity index is 1210. The summed E-state index contributed by atoms with van der Waals surface area (Å²) >= 11 is 0. The number of amides is 3. The zero-order chi connectivity index (χ0) is 37.1. The molecule has 0 aliphatic carbocycles. The molecule has 1 rings (SSSR count). The van der Waals surface area contributed by atoms with Crippen molar-refractivity contribution in [3.63, 3.8) is 0 Å². The van der Waals surface area contributed by atoms with Crippen molar-refractivity contribution < 1.29 is 53.6 Å². The molecular weight excluding hydrogens is 652 g/mol. The number of nitrogens with two attached hydrogens (primary N) is 1. The minimum Gasteiger partial charge on any atom is -0.494 e. The van der Waals surface area contributed by atoms with Crippen LogP contribution in [0.4, 0.5) is 0 Å². The molecule has 0 heterocycles. The van der Waals surface area contributed by atoms with Gasteiger partial charge < -0.3 is 41.7 Å². The second kappa shape index (κ2) is 26.4. The molecule has 1 radical (unpaired) electrons. The van der Waals surface area contributed by atoms with Crippen LogP contribution in [0.2, 0.25) is 0 Å². The zero-order valence-corrected chi connectivity index (χ0v) is 28.7. The van der Waals surface area contributed by atoms with E-state index in [0.717, 1.165) is 51.4 Å². The highest BCUT2D eigenvalue weighted by molar-refractivity contribution is 5.88. The van der Waals surface area contributed by atoms with Crippen LogP contribution in [0.3, 0.4) is 0 Å². The number of aromatic carboxylic acids is 1. The maximum absolute atomic E-state index is 12.4. The molecule has 0 fully saturated rings. The molecule has 1 aromatic rings. The molecule has 0 aliphatic heterocycles. The van der Waals surface area contributed by atoms with Gasteiger partial charge in [-0.2, -0.15) is 0 Å². The highest BCUT2D eigenvalue weighted by Crippen LogP contribution is 2.14. The number of carboxylic acids is 3. The van der Waals surface area contributed by atoms with E-state index in [1.54, 1.807) is 18.4 Å². The number of carboxylic acid groups (broad SMARTS) is 3. The van der Waals surface area contributed by atoms with Gasteiger partial charge in [-0.1, -0.05) is 44.9 Å². The highest BCUT2D eigenvalue weighted by atomic mass is 16.5. The topological polar surface area (TPSA) is 252 Å². The summed E-state index contributed by atoms with van der Waals surface area (Å²) in [7, 11) is 0. The Balaban J connectivity index is 2.16. The van der Waals surface area contributed by atoms with Gasteiger partial charge in [0.25, 0.3) is 0 Å². The van der Waals surface area contributed by atoms with E-state index in [1.807, 2.05) is 0 Å². The van der Waals surface area contributed by atoms with Crippen molar-refractivity contribution in [1.29, 1.82) is 0 Å². The zero-order valence-electron chi connectivity index (χ0n) is 28.7. The fourth-order valence-electron chi connectivity index (χ4n) is 4.97. The minimum atomic E-state index is -1.34. The van der Waals surface area contributed by atoms with Crippen LogP contribution in [0, 0.1) is 0 Å². The fourth-order valence-corrected chi connectivity index (χ4v) is 4.97. The average Bonchev–Trinajstić information content (AvgIpc) is 3.08. The van der Waals surface area contributed by atoms with E-state index in [-0.39, 0.29) is 37.7 Å². The summed E-state index contributed by atoms with van der Waals surface area (Å²) in [6.45, 7) is 0.897. The second-order valence-corrected chi connectivity index (χ2v) is 12.2. The number of ether oxygens (including phenoxy) is 1. The molecule has 0 bridgehead atoms. The lowest BCUT2D eigenvalue weighted by molar-refractivity contribution is -0.143. The maximum Gasteiger partial charge on any atom is 0.335 e. The first-order valence-electron chi connectivity index (χ1n) is 17.3. The molecule has 1 aromatic carbocycles. The number of rotatable bonds is 30. The summed E-state index contributed by atoms with van der Waals surface area (Å²) in [4.78, 5) is 81.2. The Morgan fingerprint density at radius 1 is 0.640 bits per heavy atom. The molecule has 0 spiro atoms. The van der Waals surface area contributed by atoms with Gasteiger partial charge in [0.2, 0.25) is 24.0 Å². The van der Waals surface area contributed by atoms with Crippen molar-refractivity contribution in [2.75, 3.05) is 13.2 Å². The fraction of sp³-hybridized carbons (Fsp3) is 0.629. The normalized spacial score (nSPS) is 12.6. The molecule has 0 aromatic heterocycles. The van der Waals surface area contributed by atoms with Gasteiger partial charge in [0.1, 0.15) is 17.8 Å². The summed E-state index contributed by atoms with van der Waals surface area (Å²) in [5, 5.41) is 35.2. The molecule has 1 unspecified atom stereocenters. The Kier molecular flexibility index (Phi) is 22.9. The molecule has 15 nitrogen and oxygen atoms in total. The van der Waals surface area contributed by atoms with Crippen molar-refractivity contribution in [2.45, 2.75) is 127 Å². The van der Waals surface area contributed by atoms with Gasteiger partial charge >= 0.3 is 17.9 Å². The second-order valence-electron chi connectivity index (χ2n) is 12.2. The van der Waals surface area contributed by atoms with Gasteiger partial charge in [0.15, 0.2) is 0 Å². The summed E-state index contributed by atoms with van der Waals surface area (Å²) < 4.78 is 5.63. The number of unbranched alkanes of at least 4 members (excludes halogenated alkanes) is 9. The molecule has 0 aliphatic rings. The quantitative estimate of drug-likeness (QED) is 0.0571. The van der Waals surface area contributed by atoms with Crippen LogP contribution in [0.1, 0.15) is 120 Å². The first-order valence-corrected chi connectivity index (χ1v) is 17.3. The van der Waals surface area contributed by atoms with Crippen molar-refractivity contribution in [3.8, 4) is 5.75 Å². The molecule has 0 saturated carbocycles. The van der Waals surface area contributed by atoms with Crippen molar-refractivity contribution >= 4 is 41.9 Å². The van der Waals surface area contributed by atoms with Crippen LogP contribution >= 0.6 is 0 Å². The van der Waals surface area contributed by atoms with E-state index < -0.39 is 53.8 Å². The van der Waals surface area contributed by atoms with E-state index >= 15 is 0 Å². The van der Waals surface area contributed by atoms with Crippen LogP contribution in [-0.4, -0.2) is 88.5 Å². The van der Waals surface area contributed by atoms with E-state index in [1.165, 1.54) is 12.1 Å². The molecule has 279 valence electrons. The standard InChI is InChI=1S/C35H53N4O11/c36-26(24-40)12-9-10-22-37-30(41)20-18-28(34(46)47)39-32(43)21-19-29(35(48)49)38-31(42)13-8-6-4-2-1-3-5-7-11-23-50-27-16-14-25(15-17-27)33(44)45/h14-17,26,28-29H,1-13,18-23,36H2,(H,37,41)(H,38,42)(H,39,43)(H,44,45)(H,46,47)(H,48,49)/t26-,28?,29-/m0/s1. The average molecular weight is 706 g/mol. The first-order chi connectivity index (χ1) is 23.9. The number of carbonyl (C=O) groups excluding carboxylic acids is 4. The van der Waals surface area contributed by atoms with Crippen molar-refractivity contribution in [3.05, 3.63) is 29.8 Å². The molecule has 15 heteroatoms. The molecule has 8 N–H and O–H groups in total. The predicted molar refractivity (Wildman–Crippen MR) is 183 cm³/mol. The van der Waals surface area contributed by atoms with Gasteiger partial charge in [-0.25, -0.2) is 14.4 Å². The SMILES string of the molecule is N[C@H]([C]=O)CCCCNC(=O)CCC(NC(=O)CC[C@H](NC(=O)CCCCCCCCCCCOc1ccc(C(=O)O)cc1)C(=O)O)C(=O)O. The predicted octanol–water partition coefficient (Wildman–Crippen LogP) is 3.09. The van der Waals surface area contributed by atoms with Crippen molar-refractivity contribution in [2.24, 2.45) is 5.73 Å². The summed E-state index contributed by atoms with van der Waals surface area (Å²) in [6.07, 6.45) is 11.2. The maximum atomic E-state index is 12.4. The van der Waals surface area contributed by atoms with Gasteiger partial charge in [-0.15, -0.1) is 0 Å². The summed E-state index contributed by atoms with van der Waals surface area (Å²) in [5.74, 6) is -4.50. The van der Waals surface area contributed by atoms with Crippen molar-refractivity contribution in [1.82, 2.24) is 16.0 Å². The molecule has 3 atom stereocenters. The van der Waals surface area contributed by atoms with Gasteiger partial charge in [0.05, 0.1) is 18.2 Å². The molecule has 50 heavy (non-hydrogen) atoms. The lowest BCUT2D eigenvalue weighted by atomic mass is 10.1. The Hall–Kier alpha value is -4.53. The Morgan fingerprint density at radius 2 is 1.14 bits per heavy atom. The van der Waals surface area contributed by atoms with Crippen LogP contribution < -0.4 is 26.4 Å². The lowest BCUT2D eigenvalue weighted by Gasteiger charge is -2.17. The van der Waals surface area contributed by atoms with E-state index in [4.69, 9.17) is 15.6 Å². The monoisotopic (exact) mass is 705 g/mol. The third kappa shape index (κ3) is 21.4. The highest BCUT2D eigenvalue weighted by Gasteiger charge is 2.24. The van der Waals surface area contributed by atoms with E-state index in [0.29, 0.717) is 44.6 Å². The third-order valence-electron chi connectivity index (χ3n) is 7.92. The van der Waals surface area contributed by atoms with Crippen LogP contribution in [0.5, 0.6) is 5.75 Å². The number of carbonyl (C=O) groups is 6. The number of hydrogen-bond acceptors (Lipinski definition) is 9. The molecular formula is C35H53N4O11. The summed E-state index contributed by atoms with van der Waals surface area (Å²) in [6, 6.07) is 3.01. The number of hydrogen-bond donors (Lipinski definition) is 7. The summed E-state index contributed by atoms with van der Waals surface area (Å²) in [5.41, 5.74) is 5.67. The smallest absolute Gasteiger partial charge is 0.335 e. The number of nitrogens with one attached hydrogen (secondary N) is 3. The Labute approximate surface area is 293 Å². The van der Waals surface area contributed by atoms with Gasteiger partial charge in [0, 0.05) is 25.8 Å². The Morgan fingerprint density at radius 3 is 1.66 bits per heavy atom. The molecule has 3 amide bonds. The van der Waals surface area contributed by atoms with Gasteiger partial charge in [-0.3, -0.25) is 19.2 Å². The first kappa shape index (κ1) is 43.5. The largest absolute Gasteiger partial charge is 0.494 e. The third-order valence-corrected chi connectivity index (χ3v) is 7.92. The minimum absolute atomic E-state index is 0.153.